The molecule has 0 aromatic carbocycles. The third kappa shape index (κ3) is 2.97. The Kier molecular flexibility index (Phi) is 4.24. The lowest BCUT2D eigenvalue weighted by Crippen LogP contribution is -2.44. The van der Waals surface area contributed by atoms with Gasteiger partial charge in [-0.15, -0.1) is 11.3 Å². The highest BCUT2D eigenvalue weighted by atomic mass is 32.1. The summed E-state index contributed by atoms with van der Waals surface area (Å²) in [5.74, 6) is 0.00385. The standard InChI is InChI=1S/C14H20N2O2S/c1-4-11-14(18)16(8-7-13(17)15-11)10(3)12-6-5-9(2)19-12/h5-6,10-11H,4,7-8H2,1-3H3,(H,15,17). The normalized spacial score (nSPS) is 22.1. The summed E-state index contributed by atoms with van der Waals surface area (Å²) >= 11 is 1.71. The Morgan fingerprint density at radius 3 is 2.79 bits per heavy atom. The number of aryl methyl sites for hydroxylation is 1. The van der Waals surface area contributed by atoms with E-state index in [0.29, 0.717) is 19.4 Å². The zero-order valence-corrected chi connectivity index (χ0v) is 12.4. The number of rotatable bonds is 3. The van der Waals surface area contributed by atoms with Crippen molar-refractivity contribution < 1.29 is 9.59 Å². The molecule has 104 valence electrons. The largest absolute Gasteiger partial charge is 0.344 e. The fraction of sp³-hybridized carbons (Fsp3) is 0.571. The lowest BCUT2D eigenvalue weighted by Gasteiger charge is -2.29. The van der Waals surface area contributed by atoms with Gasteiger partial charge in [0.25, 0.3) is 0 Å². The average molecular weight is 280 g/mol. The lowest BCUT2D eigenvalue weighted by molar-refractivity contribution is -0.135. The molecule has 1 aromatic heterocycles. The minimum atomic E-state index is -0.376. The molecule has 2 unspecified atom stereocenters. The van der Waals surface area contributed by atoms with Crippen molar-refractivity contribution in [2.75, 3.05) is 6.54 Å². The molecule has 1 fully saturated rings. The van der Waals surface area contributed by atoms with Crippen molar-refractivity contribution in [3.63, 3.8) is 0 Å². The molecule has 0 aliphatic carbocycles. The van der Waals surface area contributed by atoms with E-state index < -0.39 is 0 Å². The molecule has 2 atom stereocenters. The van der Waals surface area contributed by atoms with Crippen LogP contribution < -0.4 is 5.32 Å². The van der Waals surface area contributed by atoms with E-state index in [1.54, 1.807) is 11.3 Å². The van der Waals surface area contributed by atoms with Crippen LogP contribution in [-0.2, 0) is 9.59 Å². The fourth-order valence-corrected chi connectivity index (χ4v) is 3.30. The first-order chi connectivity index (χ1) is 9.02. The Bertz CT molecular complexity index is 484. The van der Waals surface area contributed by atoms with Gasteiger partial charge in [-0.25, -0.2) is 0 Å². The highest BCUT2D eigenvalue weighted by Crippen LogP contribution is 2.28. The average Bonchev–Trinajstić information content (AvgIpc) is 2.76. The number of hydrogen-bond acceptors (Lipinski definition) is 3. The van der Waals surface area contributed by atoms with E-state index in [4.69, 9.17) is 0 Å². The number of nitrogens with one attached hydrogen (secondary N) is 1. The summed E-state index contributed by atoms with van der Waals surface area (Å²) in [4.78, 5) is 28.3. The number of nitrogens with zero attached hydrogens (tertiary/aromatic N) is 1. The van der Waals surface area contributed by atoms with Gasteiger partial charge in [0.2, 0.25) is 11.8 Å². The Morgan fingerprint density at radius 1 is 1.47 bits per heavy atom. The molecule has 1 aliphatic heterocycles. The van der Waals surface area contributed by atoms with Crippen molar-refractivity contribution >= 4 is 23.2 Å². The molecule has 1 aliphatic rings. The third-order valence-corrected chi connectivity index (χ3v) is 4.72. The van der Waals surface area contributed by atoms with Gasteiger partial charge in [0.1, 0.15) is 6.04 Å². The van der Waals surface area contributed by atoms with Crippen LogP contribution in [-0.4, -0.2) is 29.3 Å². The monoisotopic (exact) mass is 280 g/mol. The van der Waals surface area contributed by atoms with Crippen LogP contribution in [0.25, 0.3) is 0 Å². The van der Waals surface area contributed by atoms with Gasteiger partial charge >= 0.3 is 0 Å². The van der Waals surface area contributed by atoms with E-state index in [2.05, 4.69) is 24.4 Å². The molecule has 1 N–H and O–H groups in total. The second-order valence-electron chi connectivity index (χ2n) is 4.93. The van der Waals surface area contributed by atoms with E-state index in [0.717, 1.165) is 0 Å². The van der Waals surface area contributed by atoms with Crippen molar-refractivity contribution in [1.29, 1.82) is 0 Å². The predicted octanol–water partition coefficient (Wildman–Crippen LogP) is 2.24. The zero-order chi connectivity index (χ0) is 14.0. The second kappa shape index (κ2) is 5.74. The van der Waals surface area contributed by atoms with Crippen molar-refractivity contribution in [3.8, 4) is 0 Å². The van der Waals surface area contributed by atoms with Gasteiger partial charge < -0.3 is 10.2 Å². The molecule has 0 saturated carbocycles. The Hall–Kier alpha value is -1.36. The number of thiophene rings is 1. The minimum Gasteiger partial charge on any atom is -0.344 e. The molecule has 0 bridgehead atoms. The molecule has 1 saturated heterocycles. The first kappa shape index (κ1) is 14.1. The summed E-state index contributed by atoms with van der Waals surface area (Å²) < 4.78 is 0. The van der Waals surface area contributed by atoms with Gasteiger partial charge in [0.15, 0.2) is 0 Å². The maximum atomic E-state index is 12.5. The highest BCUT2D eigenvalue weighted by molar-refractivity contribution is 7.12. The molecule has 2 heterocycles. The van der Waals surface area contributed by atoms with Crippen LogP contribution in [0.1, 0.15) is 42.5 Å². The number of hydrogen-bond donors (Lipinski definition) is 1. The van der Waals surface area contributed by atoms with Crippen LogP contribution in [0.3, 0.4) is 0 Å². The summed E-state index contributed by atoms with van der Waals surface area (Å²) in [5.41, 5.74) is 0. The predicted molar refractivity (Wildman–Crippen MR) is 76.0 cm³/mol. The van der Waals surface area contributed by atoms with Crippen LogP contribution in [0.4, 0.5) is 0 Å². The molecule has 5 heteroatoms. The molecule has 1 aromatic rings. The van der Waals surface area contributed by atoms with Gasteiger partial charge in [-0.3, -0.25) is 9.59 Å². The van der Waals surface area contributed by atoms with E-state index >= 15 is 0 Å². The molecule has 4 nitrogen and oxygen atoms in total. The molecular weight excluding hydrogens is 260 g/mol. The summed E-state index contributed by atoms with van der Waals surface area (Å²) in [6.45, 7) is 6.52. The van der Waals surface area contributed by atoms with E-state index in [1.807, 2.05) is 18.7 Å². The zero-order valence-electron chi connectivity index (χ0n) is 11.6. The van der Waals surface area contributed by atoms with Crippen molar-refractivity contribution in [2.24, 2.45) is 0 Å². The molecule has 0 spiro atoms. The Balaban J connectivity index is 2.21. The van der Waals surface area contributed by atoms with Crippen LogP contribution in [0.5, 0.6) is 0 Å². The van der Waals surface area contributed by atoms with E-state index in [1.165, 1.54) is 9.75 Å². The first-order valence-corrected chi connectivity index (χ1v) is 7.50. The topological polar surface area (TPSA) is 49.4 Å². The summed E-state index contributed by atoms with van der Waals surface area (Å²) in [7, 11) is 0. The number of carbonyl (C=O) groups is 2. The third-order valence-electron chi connectivity index (χ3n) is 3.54. The van der Waals surface area contributed by atoms with Gasteiger partial charge in [0.05, 0.1) is 6.04 Å². The van der Waals surface area contributed by atoms with Crippen LogP contribution in [0.15, 0.2) is 12.1 Å². The molecule has 2 amide bonds. The minimum absolute atomic E-state index is 0.0303. The van der Waals surface area contributed by atoms with Crippen LogP contribution in [0, 0.1) is 6.92 Å². The highest BCUT2D eigenvalue weighted by Gasteiger charge is 2.32. The van der Waals surface area contributed by atoms with Crippen LogP contribution >= 0.6 is 11.3 Å². The number of amides is 2. The number of carbonyl (C=O) groups excluding carboxylic acids is 2. The Labute approximate surface area is 117 Å². The maximum absolute atomic E-state index is 12.5. The van der Waals surface area contributed by atoms with Crippen molar-refractivity contribution in [2.45, 2.75) is 45.7 Å². The summed E-state index contributed by atoms with van der Waals surface area (Å²) in [5, 5.41) is 2.79. The first-order valence-electron chi connectivity index (χ1n) is 6.69. The lowest BCUT2D eigenvalue weighted by atomic mass is 10.1. The van der Waals surface area contributed by atoms with Gasteiger partial charge in [-0.1, -0.05) is 6.92 Å². The van der Waals surface area contributed by atoms with Gasteiger partial charge in [0, 0.05) is 22.7 Å². The summed E-state index contributed by atoms with van der Waals surface area (Å²) in [6.07, 6.45) is 1.02. The second-order valence-corrected chi connectivity index (χ2v) is 6.25. The smallest absolute Gasteiger partial charge is 0.245 e. The molecule has 19 heavy (non-hydrogen) atoms. The van der Waals surface area contributed by atoms with Gasteiger partial charge in [-0.2, -0.15) is 0 Å². The quantitative estimate of drug-likeness (QED) is 0.923. The Morgan fingerprint density at radius 2 is 2.21 bits per heavy atom. The summed E-state index contributed by atoms with van der Waals surface area (Å²) in [6, 6.07) is 3.80. The molecule has 0 radical (unpaired) electrons. The molecular formula is C14H20N2O2S. The van der Waals surface area contributed by atoms with E-state index in [-0.39, 0.29) is 23.9 Å². The van der Waals surface area contributed by atoms with E-state index in [9.17, 15) is 9.59 Å². The van der Waals surface area contributed by atoms with Crippen molar-refractivity contribution in [3.05, 3.63) is 21.9 Å². The SMILES string of the molecule is CCC1NC(=O)CCN(C(C)c2ccc(C)s2)C1=O. The fourth-order valence-electron chi connectivity index (χ4n) is 2.35. The van der Waals surface area contributed by atoms with Crippen molar-refractivity contribution in [1.82, 2.24) is 10.2 Å². The van der Waals surface area contributed by atoms with Crippen LogP contribution in [0.2, 0.25) is 0 Å². The molecule has 2 rings (SSSR count). The maximum Gasteiger partial charge on any atom is 0.245 e. The van der Waals surface area contributed by atoms with Gasteiger partial charge in [-0.05, 0) is 32.4 Å².